The first kappa shape index (κ1) is 16.1. The molecule has 0 saturated carbocycles. The maximum Gasteiger partial charge on any atom is 0.377 e. The van der Waals surface area contributed by atoms with Gasteiger partial charge in [-0.3, -0.25) is 4.42 Å². The number of fused-ring (bicyclic) bond motifs is 6. The molecule has 0 fully saturated rings. The van der Waals surface area contributed by atoms with E-state index in [1.165, 1.54) is 21.9 Å². The fourth-order valence-electron chi connectivity index (χ4n) is 4.36. The number of rotatable bonds is 1. The highest BCUT2D eigenvalue weighted by atomic mass is 16.3. The lowest BCUT2D eigenvalue weighted by Crippen LogP contribution is -2.16. The van der Waals surface area contributed by atoms with Crippen LogP contribution in [0.2, 0.25) is 0 Å². The minimum Gasteiger partial charge on any atom is -0.268 e. The summed E-state index contributed by atoms with van der Waals surface area (Å²) in [6, 6.07) is 22.1. The van der Waals surface area contributed by atoms with E-state index in [4.69, 9.17) is 4.42 Å². The van der Waals surface area contributed by atoms with Crippen molar-refractivity contribution in [2.75, 3.05) is 0 Å². The van der Waals surface area contributed by atoms with E-state index in [1.54, 1.807) is 6.20 Å². The van der Waals surface area contributed by atoms with Crippen LogP contribution in [0.25, 0.3) is 38.9 Å². The van der Waals surface area contributed by atoms with E-state index in [2.05, 4.69) is 85.4 Å². The monoisotopic (exact) mass is 374 g/mol. The van der Waals surface area contributed by atoms with Gasteiger partial charge in [0.05, 0.1) is 12.3 Å². The van der Waals surface area contributed by atoms with Crippen molar-refractivity contribution >= 4 is 51.3 Å². The lowest BCUT2D eigenvalue weighted by Gasteiger charge is -2.22. The first-order valence-corrected chi connectivity index (χ1v) is 9.66. The zero-order valence-electron chi connectivity index (χ0n) is 16.0. The van der Waals surface area contributed by atoms with Gasteiger partial charge in [0.2, 0.25) is 0 Å². The van der Waals surface area contributed by atoms with Gasteiger partial charge in [0.1, 0.15) is 0 Å². The highest BCUT2D eigenvalue weighted by Crippen LogP contribution is 2.41. The molecule has 3 heterocycles. The molecule has 3 aromatic carbocycles. The summed E-state index contributed by atoms with van der Waals surface area (Å²) < 4.78 is 8.19. The molecular formula is C26H18N2O. The van der Waals surface area contributed by atoms with Crippen LogP contribution in [0.3, 0.4) is 0 Å². The Morgan fingerprint density at radius 3 is 2.83 bits per heavy atom. The van der Waals surface area contributed by atoms with Gasteiger partial charge in [0, 0.05) is 5.39 Å². The van der Waals surface area contributed by atoms with Crippen molar-refractivity contribution in [3.63, 3.8) is 0 Å². The van der Waals surface area contributed by atoms with E-state index in [1.807, 2.05) is 10.6 Å². The second-order valence-corrected chi connectivity index (χ2v) is 7.51. The van der Waals surface area contributed by atoms with E-state index < -0.39 is 0 Å². The molecule has 0 saturated heterocycles. The lowest BCUT2D eigenvalue weighted by molar-refractivity contribution is -0.400. The Kier molecular flexibility index (Phi) is 3.24. The Morgan fingerprint density at radius 1 is 1.00 bits per heavy atom. The first-order valence-electron chi connectivity index (χ1n) is 9.66. The summed E-state index contributed by atoms with van der Waals surface area (Å²) in [7, 11) is 0. The van der Waals surface area contributed by atoms with E-state index in [-0.39, 0.29) is 0 Å². The van der Waals surface area contributed by atoms with Gasteiger partial charge in [0.25, 0.3) is 5.58 Å². The molecule has 2 aromatic heterocycles. The maximum absolute atomic E-state index is 6.18. The zero-order chi connectivity index (χ0) is 19.5. The standard InChI is InChI=1S/C26H18N2O/c1-16-14-21-20-8-5-13-27-26(20)29-25(21)22(15-16)24-12-10-19-18-7-4-3-6-17(18)9-11-23(19)28(24)2/h3-15H,2H2,1H3. The molecule has 0 amide bonds. The van der Waals surface area contributed by atoms with Crippen molar-refractivity contribution in [1.82, 2.24) is 4.98 Å². The number of hydrogen-bond donors (Lipinski definition) is 0. The van der Waals surface area contributed by atoms with Crippen LogP contribution < -0.4 is 0 Å². The fourth-order valence-corrected chi connectivity index (χ4v) is 4.36. The third-order valence-corrected chi connectivity index (χ3v) is 5.71. The number of aryl methyl sites for hydroxylation is 1. The third kappa shape index (κ3) is 2.28. The number of hydrogen-bond acceptors (Lipinski definition) is 1. The van der Waals surface area contributed by atoms with Crippen LogP contribution in [0.15, 0.2) is 77.4 Å². The topological polar surface area (TPSA) is 27.2 Å². The van der Waals surface area contributed by atoms with Crippen LogP contribution in [-0.2, 0) is 0 Å². The molecule has 0 bridgehead atoms. The summed E-state index contributed by atoms with van der Waals surface area (Å²) in [5.74, 6) is 0. The van der Waals surface area contributed by atoms with Gasteiger partial charge >= 0.3 is 5.71 Å². The summed E-state index contributed by atoms with van der Waals surface area (Å²) >= 11 is 0. The Hall–Kier alpha value is -3.85. The van der Waals surface area contributed by atoms with Crippen LogP contribution in [0.5, 0.6) is 0 Å². The van der Waals surface area contributed by atoms with Crippen LogP contribution >= 0.6 is 0 Å². The van der Waals surface area contributed by atoms with Gasteiger partial charge in [0.15, 0.2) is 11.7 Å². The molecular weight excluding hydrogens is 356 g/mol. The molecule has 0 spiro atoms. The first-order chi connectivity index (χ1) is 14.2. The predicted molar refractivity (Wildman–Crippen MR) is 119 cm³/mol. The molecule has 1 aliphatic heterocycles. The summed E-state index contributed by atoms with van der Waals surface area (Å²) in [6.07, 6.45) is 6.08. The summed E-state index contributed by atoms with van der Waals surface area (Å²) in [6.45, 7) is 6.49. The third-order valence-electron chi connectivity index (χ3n) is 5.71. The summed E-state index contributed by atoms with van der Waals surface area (Å²) in [4.78, 5) is 4.40. The van der Waals surface area contributed by atoms with E-state index in [0.717, 1.165) is 33.6 Å². The Morgan fingerprint density at radius 2 is 1.90 bits per heavy atom. The predicted octanol–water partition coefficient (Wildman–Crippen LogP) is 6.39. The summed E-state index contributed by atoms with van der Waals surface area (Å²) in [5, 5.41) is 4.59. The smallest absolute Gasteiger partial charge is 0.268 e. The van der Waals surface area contributed by atoms with Crippen molar-refractivity contribution < 1.29 is 8.99 Å². The molecule has 3 heteroatoms. The second-order valence-electron chi connectivity index (χ2n) is 7.51. The highest BCUT2D eigenvalue weighted by Gasteiger charge is 2.28. The molecule has 0 N–H and O–H groups in total. The normalized spacial score (nSPS) is 13.6. The van der Waals surface area contributed by atoms with Crippen molar-refractivity contribution in [3.05, 3.63) is 95.7 Å². The molecule has 0 atom stereocenters. The van der Waals surface area contributed by atoms with Crippen LogP contribution in [-0.4, -0.2) is 16.3 Å². The lowest BCUT2D eigenvalue weighted by atomic mass is 9.93. The Bertz CT molecular complexity index is 1490. The highest BCUT2D eigenvalue weighted by molar-refractivity contribution is 6.05. The van der Waals surface area contributed by atoms with Gasteiger partial charge in [-0.05, 0) is 47.0 Å². The zero-order valence-corrected chi connectivity index (χ0v) is 16.0. The molecule has 0 aliphatic carbocycles. The van der Waals surface area contributed by atoms with Crippen LogP contribution in [0.4, 0.5) is 5.69 Å². The number of aromatic nitrogens is 1. The molecule has 3 nitrogen and oxygen atoms in total. The average Bonchev–Trinajstić information content (AvgIpc) is 3.12. The van der Waals surface area contributed by atoms with Crippen molar-refractivity contribution in [1.29, 1.82) is 0 Å². The molecule has 0 unspecified atom stereocenters. The average molecular weight is 374 g/mol. The quantitative estimate of drug-likeness (QED) is 0.193. The summed E-state index contributed by atoms with van der Waals surface area (Å²) in [5.41, 5.74) is 6.00. The number of benzene rings is 3. The van der Waals surface area contributed by atoms with Gasteiger partial charge in [-0.15, -0.1) is 12.1 Å². The number of nitrogens with zero attached hydrogens (tertiary/aromatic N) is 2. The largest absolute Gasteiger partial charge is 0.377 e. The van der Waals surface area contributed by atoms with Crippen LogP contribution in [0, 0.1) is 13.0 Å². The molecule has 6 rings (SSSR count). The number of pyridine rings is 1. The molecule has 0 radical (unpaired) electrons. The van der Waals surface area contributed by atoms with E-state index >= 15 is 0 Å². The SMILES string of the molecule is C=[N+]1c2ccc3ccccc3c2C=C[C-]1c1cc(C)cc2c1[o+][c-]1ncccc21. The second kappa shape index (κ2) is 5.82. The van der Waals surface area contributed by atoms with Crippen molar-refractivity contribution in [3.8, 4) is 0 Å². The van der Waals surface area contributed by atoms with E-state index in [0.29, 0.717) is 5.71 Å². The Balaban J connectivity index is 1.59. The molecule has 5 aromatic rings. The molecule has 138 valence electrons. The Labute approximate surface area is 168 Å². The van der Waals surface area contributed by atoms with Gasteiger partial charge in [-0.2, -0.15) is 0 Å². The molecule has 29 heavy (non-hydrogen) atoms. The van der Waals surface area contributed by atoms with Gasteiger partial charge in [-0.1, -0.05) is 54.1 Å². The maximum atomic E-state index is 6.18. The molecule has 1 aliphatic rings. The number of furan rings is 1. The minimum absolute atomic E-state index is 0.664. The van der Waals surface area contributed by atoms with E-state index in [9.17, 15) is 0 Å². The minimum atomic E-state index is 0.664. The van der Waals surface area contributed by atoms with Gasteiger partial charge < -0.3 is 0 Å². The van der Waals surface area contributed by atoms with Crippen LogP contribution in [0.1, 0.15) is 16.7 Å². The van der Waals surface area contributed by atoms with Crippen molar-refractivity contribution in [2.24, 2.45) is 0 Å². The van der Waals surface area contributed by atoms with Gasteiger partial charge in [-0.25, -0.2) is 9.56 Å². The van der Waals surface area contributed by atoms with Crippen molar-refractivity contribution in [2.45, 2.75) is 6.92 Å². The fraction of sp³-hybridized carbons (Fsp3) is 0.0385.